The van der Waals surface area contributed by atoms with E-state index >= 15 is 0 Å². The van der Waals surface area contributed by atoms with Gasteiger partial charge in [-0.2, -0.15) is 0 Å². The summed E-state index contributed by atoms with van der Waals surface area (Å²) in [5.41, 5.74) is 2.21. The van der Waals surface area contributed by atoms with E-state index < -0.39 is 11.3 Å². The predicted molar refractivity (Wildman–Crippen MR) is 129 cm³/mol. The lowest BCUT2D eigenvalue weighted by Crippen LogP contribution is -2.49. The van der Waals surface area contributed by atoms with Crippen LogP contribution < -0.4 is 10.7 Å². The van der Waals surface area contributed by atoms with Gasteiger partial charge in [0.05, 0.1) is 0 Å². The van der Waals surface area contributed by atoms with Crippen LogP contribution in [0.1, 0.15) is 70.5 Å². The molecule has 0 bridgehead atoms. The molecule has 1 N–H and O–H groups in total. The summed E-state index contributed by atoms with van der Waals surface area (Å²) in [6.07, 6.45) is 7.58. The Labute approximate surface area is 195 Å². The zero-order chi connectivity index (χ0) is 23.4. The molecule has 1 aliphatic heterocycles. The molecule has 1 aliphatic carbocycles. The third-order valence-electron chi connectivity index (χ3n) is 6.75. The van der Waals surface area contributed by atoms with Crippen molar-refractivity contribution >= 4 is 11.8 Å². The standard InChI is InChI=1S/C26H34N4O3/c1-3-27-25(32)22-17-30(21-9-4-5-10-21)18-23(24(22)31)26(33)29-13-11-28(12-14-29)16-20-8-6-7-19(2)15-20/h6-8,15,17-18,21H,3-5,9-14,16H2,1-2H3,(H,27,32). The summed E-state index contributed by atoms with van der Waals surface area (Å²) in [7, 11) is 0. The number of piperazine rings is 1. The minimum absolute atomic E-state index is 0.0627. The molecule has 2 fully saturated rings. The molecule has 176 valence electrons. The van der Waals surface area contributed by atoms with Crippen molar-refractivity contribution < 1.29 is 9.59 Å². The molecule has 0 radical (unpaired) electrons. The Hall–Kier alpha value is -2.93. The van der Waals surface area contributed by atoms with Crippen LogP contribution >= 0.6 is 0 Å². The van der Waals surface area contributed by atoms with Crippen LogP contribution in [0.4, 0.5) is 0 Å². The normalized spacial score (nSPS) is 17.3. The Morgan fingerprint density at radius 1 is 1.03 bits per heavy atom. The monoisotopic (exact) mass is 450 g/mol. The number of nitrogens with zero attached hydrogens (tertiary/aromatic N) is 3. The molecule has 1 saturated carbocycles. The quantitative estimate of drug-likeness (QED) is 0.734. The van der Waals surface area contributed by atoms with Crippen LogP contribution in [0.2, 0.25) is 0 Å². The van der Waals surface area contributed by atoms with Gasteiger partial charge in [0.15, 0.2) is 0 Å². The van der Waals surface area contributed by atoms with Crippen molar-refractivity contribution in [1.82, 2.24) is 19.7 Å². The van der Waals surface area contributed by atoms with Crippen molar-refractivity contribution in [3.8, 4) is 0 Å². The van der Waals surface area contributed by atoms with Crippen LogP contribution in [-0.2, 0) is 6.54 Å². The zero-order valence-electron chi connectivity index (χ0n) is 19.7. The summed E-state index contributed by atoms with van der Waals surface area (Å²) >= 11 is 0. The number of rotatable bonds is 6. The molecule has 2 aliphatic rings. The first-order valence-electron chi connectivity index (χ1n) is 12.1. The largest absolute Gasteiger partial charge is 0.352 e. The highest BCUT2D eigenvalue weighted by Crippen LogP contribution is 2.29. The van der Waals surface area contributed by atoms with E-state index in [0.29, 0.717) is 19.6 Å². The van der Waals surface area contributed by atoms with Crippen LogP contribution in [-0.4, -0.2) is 58.9 Å². The fourth-order valence-electron chi connectivity index (χ4n) is 4.93. The molecule has 2 heterocycles. The highest BCUT2D eigenvalue weighted by Gasteiger charge is 2.28. The summed E-state index contributed by atoms with van der Waals surface area (Å²) in [6.45, 7) is 7.84. The van der Waals surface area contributed by atoms with E-state index in [1.54, 1.807) is 17.3 Å². The smallest absolute Gasteiger partial charge is 0.259 e. The number of nitrogens with one attached hydrogen (secondary N) is 1. The average Bonchev–Trinajstić information content (AvgIpc) is 3.34. The van der Waals surface area contributed by atoms with Gasteiger partial charge >= 0.3 is 0 Å². The fraction of sp³-hybridized carbons (Fsp3) is 0.500. The molecule has 1 aromatic carbocycles. The van der Waals surface area contributed by atoms with Crippen molar-refractivity contribution in [1.29, 1.82) is 0 Å². The number of aromatic nitrogens is 1. The van der Waals surface area contributed by atoms with Crippen LogP contribution in [0.5, 0.6) is 0 Å². The summed E-state index contributed by atoms with van der Waals surface area (Å²) < 4.78 is 1.93. The summed E-state index contributed by atoms with van der Waals surface area (Å²) in [5.74, 6) is -0.681. The van der Waals surface area contributed by atoms with Gasteiger partial charge in [0.1, 0.15) is 11.1 Å². The number of carbonyl (C=O) groups excluding carboxylic acids is 2. The summed E-state index contributed by atoms with van der Waals surface area (Å²) in [5, 5.41) is 2.72. The predicted octanol–water partition coefficient (Wildman–Crippen LogP) is 2.98. The maximum Gasteiger partial charge on any atom is 0.259 e. The number of hydrogen-bond acceptors (Lipinski definition) is 4. The molecule has 0 spiro atoms. The molecule has 1 aromatic heterocycles. The topological polar surface area (TPSA) is 74.7 Å². The van der Waals surface area contributed by atoms with Crippen LogP contribution in [0.25, 0.3) is 0 Å². The molecular formula is C26H34N4O3. The minimum atomic E-state index is -0.470. The second-order valence-electron chi connectivity index (χ2n) is 9.22. The second kappa shape index (κ2) is 10.3. The lowest BCUT2D eigenvalue weighted by molar-refractivity contribution is 0.0626. The van der Waals surface area contributed by atoms with Crippen LogP contribution in [0.15, 0.2) is 41.5 Å². The number of benzene rings is 1. The maximum absolute atomic E-state index is 13.4. The molecule has 0 unspecified atom stereocenters. The molecule has 7 nitrogen and oxygen atoms in total. The van der Waals surface area contributed by atoms with E-state index in [1.165, 1.54) is 11.1 Å². The first-order chi connectivity index (χ1) is 16.0. The van der Waals surface area contributed by atoms with E-state index in [0.717, 1.165) is 45.3 Å². The molecule has 33 heavy (non-hydrogen) atoms. The minimum Gasteiger partial charge on any atom is -0.352 e. The third-order valence-corrected chi connectivity index (χ3v) is 6.75. The molecule has 7 heteroatoms. The zero-order valence-corrected chi connectivity index (χ0v) is 19.7. The van der Waals surface area contributed by atoms with Crippen molar-refractivity contribution in [2.75, 3.05) is 32.7 Å². The number of carbonyl (C=O) groups is 2. The van der Waals surface area contributed by atoms with Crippen molar-refractivity contribution in [2.45, 2.75) is 52.1 Å². The Kier molecular flexibility index (Phi) is 7.28. The van der Waals surface area contributed by atoms with E-state index in [-0.39, 0.29) is 23.1 Å². The van der Waals surface area contributed by atoms with Crippen molar-refractivity contribution in [3.63, 3.8) is 0 Å². The Morgan fingerprint density at radius 3 is 2.39 bits per heavy atom. The lowest BCUT2D eigenvalue weighted by atomic mass is 10.1. The Morgan fingerprint density at radius 2 is 1.73 bits per heavy atom. The second-order valence-corrected chi connectivity index (χ2v) is 9.22. The van der Waals surface area contributed by atoms with Gasteiger partial charge in [0, 0.05) is 57.7 Å². The van der Waals surface area contributed by atoms with Gasteiger partial charge in [0.2, 0.25) is 5.43 Å². The van der Waals surface area contributed by atoms with Crippen molar-refractivity contribution in [2.24, 2.45) is 0 Å². The highest BCUT2D eigenvalue weighted by atomic mass is 16.2. The first-order valence-corrected chi connectivity index (χ1v) is 12.1. The van der Waals surface area contributed by atoms with Gasteiger partial charge in [-0.3, -0.25) is 19.3 Å². The maximum atomic E-state index is 13.4. The molecular weight excluding hydrogens is 416 g/mol. The average molecular weight is 451 g/mol. The molecule has 0 atom stereocenters. The van der Waals surface area contributed by atoms with Gasteiger partial charge in [-0.25, -0.2) is 0 Å². The van der Waals surface area contributed by atoms with Gasteiger partial charge in [0.25, 0.3) is 11.8 Å². The molecule has 1 saturated heterocycles. The Bertz CT molecular complexity index is 1060. The SMILES string of the molecule is CCNC(=O)c1cn(C2CCCC2)cc(C(=O)N2CCN(Cc3cccc(C)c3)CC2)c1=O. The molecule has 4 rings (SSSR count). The molecule has 2 amide bonds. The Balaban J connectivity index is 1.51. The fourth-order valence-corrected chi connectivity index (χ4v) is 4.93. The van der Waals surface area contributed by atoms with Gasteiger partial charge in [-0.05, 0) is 32.3 Å². The number of pyridine rings is 1. The summed E-state index contributed by atoms with van der Waals surface area (Å²) in [6, 6.07) is 8.71. The first kappa shape index (κ1) is 23.2. The molecule has 2 aromatic rings. The van der Waals surface area contributed by atoms with Crippen molar-refractivity contribution in [3.05, 3.63) is 69.1 Å². The third kappa shape index (κ3) is 5.36. The van der Waals surface area contributed by atoms with Crippen LogP contribution in [0.3, 0.4) is 0 Å². The van der Waals surface area contributed by atoms with E-state index in [1.807, 2.05) is 11.5 Å². The number of hydrogen-bond donors (Lipinski definition) is 1. The van der Waals surface area contributed by atoms with Gasteiger partial charge < -0.3 is 14.8 Å². The van der Waals surface area contributed by atoms with E-state index in [2.05, 4.69) is 41.4 Å². The highest BCUT2D eigenvalue weighted by molar-refractivity contribution is 5.99. The lowest BCUT2D eigenvalue weighted by Gasteiger charge is -2.35. The number of aryl methyl sites for hydroxylation is 1. The van der Waals surface area contributed by atoms with Gasteiger partial charge in [-0.1, -0.05) is 42.7 Å². The van der Waals surface area contributed by atoms with E-state index in [4.69, 9.17) is 0 Å². The van der Waals surface area contributed by atoms with Gasteiger partial charge in [-0.15, -0.1) is 0 Å². The van der Waals surface area contributed by atoms with Crippen LogP contribution in [0, 0.1) is 6.92 Å². The van der Waals surface area contributed by atoms with E-state index in [9.17, 15) is 14.4 Å². The number of amides is 2. The summed E-state index contributed by atoms with van der Waals surface area (Å²) in [4.78, 5) is 43.2.